The molecule has 1 aliphatic carbocycles. The topological polar surface area (TPSA) is 35.2 Å². The van der Waals surface area contributed by atoms with Gasteiger partial charge in [0, 0.05) is 12.5 Å². The molecule has 0 aromatic carbocycles. The molecule has 3 atom stereocenters. The number of fused-ring (bicyclic) bond motifs is 2. The van der Waals surface area contributed by atoms with Crippen LogP contribution in [0.3, 0.4) is 0 Å². The van der Waals surface area contributed by atoms with Crippen LogP contribution in [0.1, 0.15) is 19.3 Å². The molecule has 2 nitrogen and oxygen atoms in total. The van der Waals surface area contributed by atoms with Crippen LogP contribution in [-0.2, 0) is 4.74 Å². The monoisotopic (exact) mass is 113 g/mol. The van der Waals surface area contributed by atoms with Gasteiger partial charge in [-0.25, -0.2) is 0 Å². The molecule has 2 heteroatoms. The van der Waals surface area contributed by atoms with Gasteiger partial charge >= 0.3 is 0 Å². The van der Waals surface area contributed by atoms with Crippen LogP contribution in [0.5, 0.6) is 0 Å². The standard InChI is InChI=1S/C6H11NO/c7-5-2-1-4-3-6(5)8-4/h4-6H,1-3,7H2. The third-order valence-corrected chi connectivity index (χ3v) is 2.16. The average Bonchev–Trinajstić information content (AvgIpc) is 1.62. The quantitative estimate of drug-likeness (QED) is 0.489. The first-order chi connectivity index (χ1) is 3.86. The van der Waals surface area contributed by atoms with E-state index in [0.29, 0.717) is 18.2 Å². The Morgan fingerprint density at radius 2 is 2.12 bits per heavy atom. The predicted octanol–water partition coefficient (Wildman–Crippen LogP) is 0.265. The van der Waals surface area contributed by atoms with E-state index in [0.717, 1.165) is 0 Å². The van der Waals surface area contributed by atoms with Crippen molar-refractivity contribution < 1.29 is 4.74 Å². The van der Waals surface area contributed by atoms with Gasteiger partial charge in [0.1, 0.15) is 0 Å². The first-order valence-corrected chi connectivity index (χ1v) is 3.27. The molecule has 0 spiro atoms. The number of rotatable bonds is 0. The minimum Gasteiger partial charge on any atom is -0.373 e. The lowest BCUT2D eigenvalue weighted by molar-refractivity contribution is -0.165. The molecule has 3 aliphatic rings. The van der Waals surface area contributed by atoms with Crippen molar-refractivity contribution in [3.05, 3.63) is 0 Å². The summed E-state index contributed by atoms with van der Waals surface area (Å²) in [5, 5.41) is 0. The van der Waals surface area contributed by atoms with Crippen molar-refractivity contribution in [2.24, 2.45) is 5.73 Å². The second-order valence-corrected chi connectivity index (χ2v) is 2.77. The zero-order valence-electron chi connectivity index (χ0n) is 4.84. The smallest absolute Gasteiger partial charge is 0.0754 e. The van der Waals surface area contributed by atoms with E-state index in [1.807, 2.05) is 0 Å². The fourth-order valence-corrected chi connectivity index (χ4v) is 1.52. The SMILES string of the molecule is NC1CCC2CC1O2. The van der Waals surface area contributed by atoms with Gasteiger partial charge < -0.3 is 10.5 Å². The highest BCUT2D eigenvalue weighted by atomic mass is 16.5. The number of hydrogen-bond acceptors (Lipinski definition) is 2. The Morgan fingerprint density at radius 1 is 1.38 bits per heavy atom. The Kier molecular flexibility index (Phi) is 0.866. The lowest BCUT2D eigenvalue weighted by Crippen LogP contribution is -2.54. The average molecular weight is 113 g/mol. The molecular weight excluding hydrogens is 102 g/mol. The number of hydrogen-bond donors (Lipinski definition) is 1. The summed E-state index contributed by atoms with van der Waals surface area (Å²) in [5.41, 5.74) is 5.69. The molecule has 2 N–H and O–H groups in total. The van der Waals surface area contributed by atoms with E-state index in [-0.39, 0.29) is 0 Å². The van der Waals surface area contributed by atoms with Crippen LogP contribution in [0, 0.1) is 0 Å². The Morgan fingerprint density at radius 3 is 2.38 bits per heavy atom. The molecule has 2 aliphatic heterocycles. The van der Waals surface area contributed by atoms with Gasteiger partial charge in [0.05, 0.1) is 12.2 Å². The van der Waals surface area contributed by atoms with Gasteiger partial charge in [-0.1, -0.05) is 0 Å². The van der Waals surface area contributed by atoms with Crippen molar-refractivity contribution >= 4 is 0 Å². The lowest BCUT2D eigenvalue weighted by atomic mass is 9.85. The third-order valence-electron chi connectivity index (χ3n) is 2.16. The molecule has 8 heavy (non-hydrogen) atoms. The van der Waals surface area contributed by atoms with Crippen LogP contribution in [0.15, 0.2) is 0 Å². The zero-order valence-corrected chi connectivity index (χ0v) is 4.84. The summed E-state index contributed by atoms with van der Waals surface area (Å²) >= 11 is 0. The van der Waals surface area contributed by atoms with Gasteiger partial charge in [-0.05, 0) is 12.8 Å². The summed E-state index contributed by atoms with van der Waals surface area (Å²) < 4.78 is 5.36. The van der Waals surface area contributed by atoms with Gasteiger partial charge in [-0.15, -0.1) is 0 Å². The summed E-state index contributed by atoms with van der Waals surface area (Å²) in [7, 11) is 0. The molecule has 0 aromatic rings. The molecule has 46 valence electrons. The Bertz CT molecular complexity index is 93.2. The molecule has 2 heterocycles. The van der Waals surface area contributed by atoms with Crippen LogP contribution in [0.4, 0.5) is 0 Å². The lowest BCUT2D eigenvalue weighted by Gasteiger charge is -2.45. The summed E-state index contributed by atoms with van der Waals surface area (Å²) in [5.74, 6) is 0. The molecule has 2 saturated heterocycles. The zero-order chi connectivity index (χ0) is 5.56. The van der Waals surface area contributed by atoms with Gasteiger partial charge in [-0.3, -0.25) is 0 Å². The summed E-state index contributed by atoms with van der Waals surface area (Å²) in [6.07, 6.45) is 4.60. The molecule has 1 saturated carbocycles. The highest BCUT2D eigenvalue weighted by Crippen LogP contribution is 2.33. The molecule has 0 radical (unpaired) electrons. The first kappa shape index (κ1) is 4.77. The van der Waals surface area contributed by atoms with Crippen LogP contribution in [0.25, 0.3) is 0 Å². The summed E-state index contributed by atoms with van der Waals surface area (Å²) in [6.45, 7) is 0. The highest BCUT2D eigenvalue weighted by Gasteiger charge is 2.39. The Hall–Kier alpha value is -0.0800. The van der Waals surface area contributed by atoms with Crippen molar-refractivity contribution in [1.82, 2.24) is 0 Å². The first-order valence-electron chi connectivity index (χ1n) is 3.27. The largest absolute Gasteiger partial charge is 0.373 e. The normalized spacial score (nSPS) is 52.9. The Balaban J connectivity index is 2.01. The predicted molar refractivity (Wildman–Crippen MR) is 30.5 cm³/mol. The van der Waals surface area contributed by atoms with Crippen molar-refractivity contribution in [1.29, 1.82) is 0 Å². The molecule has 3 fully saturated rings. The van der Waals surface area contributed by atoms with Crippen molar-refractivity contribution in [2.45, 2.75) is 37.5 Å². The third kappa shape index (κ3) is 0.501. The van der Waals surface area contributed by atoms with E-state index >= 15 is 0 Å². The number of ether oxygens (including phenoxy) is 1. The Labute approximate surface area is 49.0 Å². The van der Waals surface area contributed by atoms with E-state index in [4.69, 9.17) is 10.5 Å². The summed E-state index contributed by atoms with van der Waals surface area (Å²) in [4.78, 5) is 0. The molecular formula is C6H11NO. The van der Waals surface area contributed by atoms with E-state index < -0.39 is 0 Å². The van der Waals surface area contributed by atoms with Crippen LogP contribution >= 0.6 is 0 Å². The maximum atomic E-state index is 5.69. The molecule has 0 amide bonds. The van der Waals surface area contributed by atoms with E-state index in [9.17, 15) is 0 Å². The van der Waals surface area contributed by atoms with E-state index in [2.05, 4.69) is 0 Å². The fraction of sp³-hybridized carbons (Fsp3) is 1.00. The number of nitrogens with two attached hydrogens (primary N) is 1. The van der Waals surface area contributed by atoms with Crippen LogP contribution in [-0.4, -0.2) is 18.2 Å². The molecule has 3 rings (SSSR count). The van der Waals surface area contributed by atoms with Crippen molar-refractivity contribution in [3.8, 4) is 0 Å². The molecule has 2 bridgehead atoms. The van der Waals surface area contributed by atoms with E-state index in [1.165, 1.54) is 19.3 Å². The fourth-order valence-electron chi connectivity index (χ4n) is 1.52. The minimum atomic E-state index is 0.347. The second kappa shape index (κ2) is 1.45. The molecule has 3 unspecified atom stereocenters. The van der Waals surface area contributed by atoms with Gasteiger partial charge in [0.15, 0.2) is 0 Å². The highest BCUT2D eigenvalue weighted by molar-refractivity contribution is 4.91. The van der Waals surface area contributed by atoms with Crippen LogP contribution in [0.2, 0.25) is 0 Å². The van der Waals surface area contributed by atoms with Crippen molar-refractivity contribution in [3.63, 3.8) is 0 Å². The summed E-state index contributed by atoms with van der Waals surface area (Å²) in [6, 6.07) is 0.347. The van der Waals surface area contributed by atoms with Gasteiger partial charge in [-0.2, -0.15) is 0 Å². The second-order valence-electron chi connectivity index (χ2n) is 2.77. The minimum absolute atomic E-state index is 0.347. The van der Waals surface area contributed by atoms with Gasteiger partial charge in [0.2, 0.25) is 0 Å². The maximum absolute atomic E-state index is 5.69. The molecule has 0 aromatic heterocycles. The van der Waals surface area contributed by atoms with Gasteiger partial charge in [0.25, 0.3) is 0 Å². The maximum Gasteiger partial charge on any atom is 0.0754 e. The van der Waals surface area contributed by atoms with Crippen molar-refractivity contribution in [2.75, 3.05) is 0 Å². The van der Waals surface area contributed by atoms with Crippen LogP contribution < -0.4 is 5.73 Å². The van der Waals surface area contributed by atoms with E-state index in [1.54, 1.807) is 0 Å².